The van der Waals surface area contributed by atoms with Crippen molar-refractivity contribution >= 4 is 40.3 Å². The van der Waals surface area contributed by atoms with E-state index in [2.05, 4.69) is 10.4 Å². The third-order valence-electron chi connectivity index (χ3n) is 5.87. The normalized spacial score (nSPS) is 13.4. The number of anilines is 1. The van der Waals surface area contributed by atoms with Gasteiger partial charge in [0.05, 0.1) is 27.6 Å². The molecule has 1 aliphatic heterocycles. The van der Waals surface area contributed by atoms with Gasteiger partial charge < -0.3 is 5.32 Å². The van der Waals surface area contributed by atoms with E-state index in [4.69, 9.17) is 4.99 Å². The third-order valence-corrected chi connectivity index (χ3v) is 5.87. The molecule has 0 fully saturated rings. The number of hydrogen-bond acceptors (Lipinski definition) is 5. The quantitative estimate of drug-likeness (QED) is 0.308. The smallest absolute Gasteiger partial charge is 0.278 e. The molecule has 0 aliphatic carbocycles. The number of hydrogen-bond donors (Lipinski definition) is 2. The van der Waals surface area contributed by atoms with Crippen molar-refractivity contribution in [3.8, 4) is 5.69 Å². The molecule has 9 nitrogen and oxygen atoms in total. The number of benzene rings is 3. The van der Waals surface area contributed by atoms with E-state index in [1.807, 2.05) is 30.3 Å². The van der Waals surface area contributed by atoms with Crippen LogP contribution in [0, 0.1) is 17.0 Å². The molecule has 9 heteroatoms. The van der Waals surface area contributed by atoms with Gasteiger partial charge in [-0.1, -0.05) is 30.3 Å². The molecule has 1 aromatic heterocycles. The molecule has 0 bridgehead atoms. The summed E-state index contributed by atoms with van der Waals surface area (Å²) in [5.41, 5.74) is 5.24. The molecule has 0 unspecified atom stereocenters. The maximum Gasteiger partial charge on any atom is 0.278 e. The van der Waals surface area contributed by atoms with E-state index in [0.29, 0.717) is 45.2 Å². The van der Waals surface area contributed by atoms with Crippen molar-refractivity contribution in [2.24, 2.45) is 4.99 Å². The number of amides is 1. The second-order valence-corrected chi connectivity index (χ2v) is 8.36. The highest BCUT2D eigenvalue weighted by atomic mass is 16.6. The lowest BCUT2D eigenvalue weighted by atomic mass is 9.95. The summed E-state index contributed by atoms with van der Waals surface area (Å²) in [4.78, 5) is 40.4. The van der Waals surface area contributed by atoms with E-state index >= 15 is 0 Å². The Kier molecular flexibility index (Phi) is 5.65. The van der Waals surface area contributed by atoms with Crippen LogP contribution in [-0.2, 0) is 4.79 Å². The van der Waals surface area contributed by atoms with Gasteiger partial charge in [0.15, 0.2) is 0 Å². The number of H-pyrrole nitrogens is 1. The Morgan fingerprint density at radius 3 is 2.47 bits per heavy atom. The summed E-state index contributed by atoms with van der Waals surface area (Å²) in [6, 6.07) is 20.9. The third kappa shape index (κ3) is 4.14. The number of nitrogens with one attached hydrogen (secondary N) is 2. The van der Waals surface area contributed by atoms with Crippen LogP contribution >= 0.6 is 0 Å². The van der Waals surface area contributed by atoms with Crippen molar-refractivity contribution in [2.45, 2.75) is 13.8 Å². The van der Waals surface area contributed by atoms with Crippen molar-refractivity contribution in [1.29, 1.82) is 0 Å². The molecular weight excluding hydrogens is 458 g/mol. The minimum absolute atomic E-state index is 0.0494. The van der Waals surface area contributed by atoms with E-state index in [9.17, 15) is 19.7 Å². The zero-order valence-corrected chi connectivity index (χ0v) is 19.5. The molecule has 0 radical (unpaired) electrons. The van der Waals surface area contributed by atoms with Crippen LogP contribution in [0.4, 0.5) is 17.1 Å². The number of carbonyl (C=O) groups excluding carboxylic acids is 1. The highest BCUT2D eigenvalue weighted by molar-refractivity contribution is 6.39. The van der Waals surface area contributed by atoms with E-state index < -0.39 is 4.92 Å². The summed E-state index contributed by atoms with van der Waals surface area (Å²) in [5, 5.41) is 17.2. The molecule has 0 spiro atoms. The van der Waals surface area contributed by atoms with Crippen LogP contribution in [0.15, 0.2) is 82.6 Å². The molecule has 5 rings (SSSR count). The van der Waals surface area contributed by atoms with E-state index in [1.165, 1.54) is 23.7 Å². The molecule has 1 amide bonds. The summed E-state index contributed by atoms with van der Waals surface area (Å²) >= 11 is 0. The van der Waals surface area contributed by atoms with Crippen LogP contribution in [-0.4, -0.2) is 26.3 Å². The van der Waals surface area contributed by atoms with Crippen LogP contribution in [0.3, 0.4) is 0 Å². The minimum Gasteiger partial charge on any atom is -0.326 e. The zero-order valence-electron chi connectivity index (χ0n) is 19.5. The number of aromatic amines is 1. The number of aromatic nitrogens is 2. The number of nitro groups is 1. The Hall–Kier alpha value is -5.05. The van der Waals surface area contributed by atoms with Gasteiger partial charge in [-0.05, 0) is 43.3 Å². The number of rotatable bonds is 5. The molecule has 36 heavy (non-hydrogen) atoms. The molecule has 0 atom stereocenters. The predicted octanol–water partition coefficient (Wildman–Crippen LogP) is 5.02. The number of allylic oxidation sites excluding steroid dienone is 1. The van der Waals surface area contributed by atoms with Crippen LogP contribution in [0.5, 0.6) is 0 Å². The second kappa shape index (κ2) is 8.95. The number of nitro benzene ring substituents is 1. The fraction of sp³-hybridized carbons (Fsp3) is 0.0741. The molecule has 3 aromatic carbocycles. The van der Waals surface area contributed by atoms with Crippen LogP contribution in [0.25, 0.3) is 17.3 Å². The number of carbonyl (C=O) groups is 1. The molecule has 0 saturated heterocycles. The lowest BCUT2D eigenvalue weighted by Crippen LogP contribution is -2.16. The molecule has 2 N–H and O–H groups in total. The minimum atomic E-state index is -0.447. The van der Waals surface area contributed by atoms with Gasteiger partial charge in [-0.25, -0.2) is 9.67 Å². The van der Waals surface area contributed by atoms with Gasteiger partial charge in [-0.15, -0.1) is 0 Å². The first-order valence-corrected chi connectivity index (χ1v) is 11.2. The molecule has 2 heterocycles. The lowest BCUT2D eigenvalue weighted by Gasteiger charge is -2.06. The van der Waals surface area contributed by atoms with Gasteiger partial charge >= 0.3 is 0 Å². The monoisotopic (exact) mass is 479 g/mol. The van der Waals surface area contributed by atoms with E-state index in [1.54, 1.807) is 43.3 Å². The van der Waals surface area contributed by atoms with Gasteiger partial charge in [0, 0.05) is 47.1 Å². The first kappa shape index (κ1) is 22.7. The van der Waals surface area contributed by atoms with Gasteiger partial charge in [0.2, 0.25) is 5.91 Å². The van der Waals surface area contributed by atoms with E-state index in [-0.39, 0.29) is 17.2 Å². The van der Waals surface area contributed by atoms with Gasteiger partial charge in [-0.3, -0.25) is 24.8 Å². The Morgan fingerprint density at radius 2 is 1.81 bits per heavy atom. The van der Waals surface area contributed by atoms with Crippen molar-refractivity contribution in [1.82, 2.24) is 9.78 Å². The van der Waals surface area contributed by atoms with E-state index in [0.717, 1.165) is 5.56 Å². The van der Waals surface area contributed by atoms with Crippen LogP contribution < -0.4 is 10.9 Å². The highest BCUT2D eigenvalue weighted by Crippen LogP contribution is 2.40. The summed E-state index contributed by atoms with van der Waals surface area (Å²) in [5.74, 6) is -0.183. The number of non-ortho nitro benzene ring substituents is 1. The highest BCUT2D eigenvalue weighted by Gasteiger charge is 2.26. The molecule has 1 aliphatic rings. The van der Waals surface area contributed by atoms with Gasteiger partial charge in [0.1, 0.15) is 0 Å². The fourth-order valence-electron chi connectivity index (χ4n) is 4.17. The maximum absolute atomic E-state index is 13.4. The van der Waals surface area contributed by atoms with Crippen molar-refractivity contribution in [3.05, 3.63) is 116 Å². The molecular formula is C27H21N5O4. The summed E-state index contributed by atoms with van der Waals surface area (Å²) < 4.78 is 1.42. The molecule has 0 saturated carbocycles. The number of aliphatic imine (C=N–C) groups is 1. The summed E-state index contributed by atoms with van der Waals surface area (Å²) in [6.45, 7) is 3.22. The average Bonchev–Trinajstić information content (AvgIpc) is 3.37. The Bertz CT molecular complexity index is 1630. The molecule has 178 valence electrons. The second-order valence-electron chi connectivity index (χ2n) is 8.36. The number of nitrogens with zero attached hydrogens (tertiary/aromatic N) is 3. The summed E-state index contributed by atoms with van der Waals surface area (Å²) in [7, 11) is 0. The fourth-order valence-corrected chi connectivity index (χ4v) is 4.17. The topological polar surface area (TPSA) is 122 Å². The number of aryl methyl sites for hydroxylation is 1. The van der Waals surface area contributed by atoms with Crippen molar-refractivity contribution in [2.75, 3.05) is 5.32 Å². The van der Waals surface area contributed by atoms with Gasteiger partial charge in [-0.2, -0.15) is 0 Å². The number of fused-ring (bicyclic) bond motifs is 1. The zero-order chi connectivity index (χ0) is 25.4. The van der Waals surface area contributed by atoms with Gasteiger partial charge in [0.25, 0.3) is 11.2 Å². The largest absolute Gasteiger partial charge is 0.326 e. The van der Waals surface area contributed by atoms with Crippen molar-refractivity contribution in [3.63, 3.8) is 0 Å². The maximum atomic E-state index is 13.4. The summed E-state index contributed by atoms with van der Waals surface area (Å²) in [6.07, 6.45) is 1.73. The lowest BCUT2D eigenvalue weighted by molar-refractivity contribution is -0.384. The SMILES string of the molecule is CC(=O)Nc1ccc(-n2[nH]c(C)c(/C=C3\C(c4ccccc4)=Nc4ccc([N+](=O)[O-])cc43)c2=O)cc1. The van der Waals surface area contributed by atoms with Crippen molar-refractivity contribution < 1.29 is 9.72 Å². The Labute approximate surface area is 205 Å². The Morgan fingerprint density at radius 1 is 1.08 bits per heavy atom. The Balaban J connectivity index is 1.63. The first-order chi connectivity index (χ1) is 17.3. The van der Waals surface area contributed by atoms with Crippen LogP contribution in [0.1, 0.15) is 29.3 Å². The standard InChI is InChI=1S/C27H21N5O4/c1-16-22(27(34)31(30-16)20-10-8-19(9-11-20)28-17(2)33)15-24-23-14-21(32(35)36)12-13-25(23)29-26(24)18-6-4-3-5-7-18/h3-15,30H,1-2H3,(H,28,33)/b24-15-. The predicted molar refractivity (Wildman–Crippen MR) is 139 cm³/mol. The molecule has 4 aromatic rings. The van der Waals surface area contributed by atoms with Crippen LogP contribution in [0.2, 0.25) is 0 Å². The first-order valence-electron chi connectivity index (χ1n) is 11.2. The average molecular weight is 479 g/mol.